The molecule has 1 amide bonds. The number of aliphatic hydroxyl groups excluding tert-OH is 1. The molecular formula is C17H34N2O2. The minimum absolute atomic E-state index is 0.148. The highest BCUT2D eigenvalue weighted by Crippen LogP contribution is 2.24. The molecule has 4 nitrogen and oxygen atoms in total. The summed E-state index contributed by atoms with van der Waals surface area (Å²) in [5.74, 6) is 1.53. The summed E-state index contributed by atoms with van der Waals surface area (Å²) >= 11 is 0. The van der Waals surface area contributed by atoms with Gasteiger partial charge in [0.25, 0.3) is 0 Å². The van der Waals surface area contributed by atoms with E-state index in [0.717, 1.165) is 38.9 Å². The van der Waals surface area contributed by atoms with E-state index in [9.17, 15) is 9.90 Å². The summed E-state index contributed by atoms with van der Waals surface area (Å²) in [6.07, 6.45) is 2.75. The molecule has 3 unspecified atom stereocenters. The van der Waals surface area contributed by atoms with Crippen LogP contribution >= 0.6 is 0 Å². The number of likely N-dealkylation sites (tertiary alicyclic amines) is 1. The highest BCUT2D eigenvalue weighted by molar-refractivity contribution is 5.73. The smallest absolute Gasteiger partial charge is 0.219 e. The molecule has 3 atom stereocenters. The molecule has 0 aliphatic carbocycles. The molecule has 1 fully saturated rings. The van der Waals surface area contributed by atoms with Crippen molar-refractivity contribution in [1.82, 2.24) is 10.2 Å². The molecule has 1 aliphatic heterocycles. The summed E-state index contributed by atoms with van der Waals surface area (Å²) in [4.78, 5) is 13.7. The molecule has 0 spiro atoms. The van der Waals surface area contributed by atoms with Crippen molar-refractivity contribution in [3.63, 3.8) is 0 Å². The molecular weight excluding hydrogens is 264 g/mol. The fraction of sp³-hybridized carbons (Fsp3) is 0.941. The zero-order valence-corrected chi connectivity index (χ0v) is 14.4. The van der Waals surface area contributed by atoms with Gasteiger partial charge in [0.15, 0.2) is 0 Å². The van der Waals surface area contributed by atoms with Crippen LogP contribution in [0.25, 0.3) is 0 Å². The molecule has 0 aromatic heterocycles. The van der Waals surface area contributed by atoms with E-state index in [1.54, 1.807) is 6.92 Å². The number of aliphatic hydroxyl groups is 1. The molecule has 21 heavy (non-hydrogen) atoms. The maximum absolute atomic E-state index is 11.7. The van der Waals surface area contributed by atoms with Gasteiger partial charge in [-0.25, -0.2) is 0 Å². The Hall–Kier alpha value is -0.610. The van der Waals surface area contributed by atoms with E-state index in [-0.39, 0.29) is 17.9 Å². The van der Waals surface area contributed by atoms with Crippen molar-refractivity contribution in [1.29, 1.82) is 0 Å². The van der Waals surface area contributed by atoms with Crippen LogP contribution in [0.2, 0.25) is 0 Å². The summed E-state index contributed by atoms with van der Waals surface area (Å²) in [5, 5.41) is 13.7. The number of nitrogens with one attached hydrogen (secondary N) is 1. The second-order valence-electron chi connectivity index (χ2n) is 7.41. The Morgan fingerprint density at radius 2 is 1.95 bits per heavy atom. The monoisotopic (exact) mass is 298 g/mol. The normalized spacial score (nSPS) is 24.7. The first-order valence-corrected chi connectivity index (χ1v) is 8.46. The number of hydrogen-bond donors (Lipinski definition) is 2. The van der Waals surface area contributed by atoms with Gasteiger partial charge in [0.05, 0.1) is 6.10 Å². The van der Waals surface area contributed by atoms with Crippen LogP contribution in [0.4, 0.5) is 0 Å². The average molecular weight is 298 g/mol. The summed E-state index contributed by atoms with van der Waals surface area (Å²) < 4.78 is 0. The van der Waals surface area contributed by atoms with Crippen molar-refractivity contribution in [3.05, 3.63) is 0 Å². The van der Waals surface area contributed by atoms with Crippen molar-refractivity contribution in [2.75, 3.05) is 19.6 Å². The predicted octanol–water partition coefficient (Wildman–Crippen LogP) is 2.27. The van der Waals surface area contributed by atoms with Crippen LogP contribution in [0.1, 0.15) is 53.9 Å². The van der Waals surface area contributed by atoms with Gasteiger partial charge in [-0.3, -0.25) is 4.79 Å². The zero-order chi connectivity index (χ0) is 16.0. The van der Waals surface area contributed by atoms with Gasteiger partial charge < -0.3 is 15.3 Å². The summed E-state index contributed by atoms with van der Waals surface area (Å²) in [5.41, 5.74) is 0. The fourth-order valence-electron chi connectivity index (χ4n) is 2.97. The van der Waals surface area contributed by atoms with Crippen LogP contribution in [-0.2, 0) is 4.79 Å². The zero-order valence-electron chi connectivity index (χ0n) is 14.4. The fourth-order valence-corrected chi connectivity index (χ4v) is 2.97. The van der Waals surface area contributed by atoms with Gasteiger partial charge in [0.2, 0.25) is 5.91 Å². The lowest BCUT2D eigenvalue weighted by atomic mass is 9.86. The summed E-state index contributed by atoms with van der Waals surface area (Å²) in [6.45, 7) is 12.8. The molecule has 2 N–H and O–H groups in total. The maximum Gasteiger partial charge on any atom is 0.219 e. The molecule has 0 aromatic carbocycles. The molecule has 1 saturated heterocycles. The Bertz CT molecular complexity index is 318. The molecule has 1 heterocycles. The lowest BCUT2D eigenvalue weighted by molar-refractivity contribution is -0.131. The minimum atomic E-state index is -0.266. The van der Waals surface area contributed by atoms with Crippen LogP contribution in [0.5, 0.6) is 0 Å². The Balaban J connectivity index is 2.53. The highest BCUT2D eigenvalue weighted by atomic mass is 16.3. The van der Waals surface area contributed by atoms with E-state index in [0.29, 0.717) is 17.9 Å². The third kappa shape index (κ3) is 6.79. The molecule has 0 aromatic rings. The number of carbonyl (C=O) groups excluding carboxylic acids is 1. The van der Waals surface area contributed by atoms with Crippen molar-refractivity contribution in [3.8, 4) is 0 Å². The van der Waals surface area contributed by atoms with Crippen molar-refractivity contribution in [2.24, 2.45) is 17.8 Å². The van der Waals surface area contributed by atoms with Gasteiger partial charge in [0.1, 0.15) is 0 Å². The Labute approximate surface area is 130 Å². The van der Waals surface area contributed by atoms with Gasteiger partial charge in [-0.15, -0.1) is 0 Å². The second kappa shape index (κ2) is 8.74. The van der Waals surface area contributed by atoms with E-state index in [1.807, 2.05) is 4.90 Å². The lowest BCUT2D eigenvalue weighted by Gasteiger charge is -2.39. The minimum Gasteiger partial charge on any atom is -0.393 e. The quantitative estimate of drug-likeness (QED) is 0.758. The van der Waals surface area contributed by atoms with E-state index in [4.69, 9.17) is 0 Å². The van der Waals surface area contributed by atoms with Gasteiger partial charge in [-0.05, 0) is 43.6 Å². The Morgan fingerprint density at radius 1 is 1.29 bits per heavy atom. The topological polar surface area (TPSA) is 52.6 Å². The van der Waals surface area contributed by atoms with E-state index >= 15 is 0 Å². The standard InChI is InChI=1S/C17H34N2O2/c1-12(2)6-7-18-16-8-15(9-17(21)13(3)4)10-19(11-16)14(5)20/h12-13,15-18,21H,6-11H2,1-5H3. The van der Waals surface area contributed by atoms with Gasteiger partial charge in [0, 0.05) is 26.1 Å². The number of amides is 1. The Kier molecular flexibility index (Phi) is 7.67. The van der Waals surface area contributed by atoms with Crippen molar-refractivity contribution < 1.29 is 9.90 Å². The molecule has 124 valence electrons. The number of rotatable bonds is 7. The van der Waals surface area contributed by atoms with Crippen LogP contribution in [-0.4, -0.2) is 47.7 Å². The summed E-state index contributed by atoms with van der Waals surface area (Å²) in [6, 6.07) is 0.366. The van der Waals surface area contributed by atoms with Gasteiger partial charge in [-0.1, -0.05) is 27.7 Å². The van der Waals surface area contributed by atoms with Gasteiger partial charge in [-0.2, -0.15) is 0 Å². The predicted molar refractivity (Wildman–Crippen MR) is 87.1 cm³/mol. The molecule has 0 saturated carbocycles. The van der Waals surface area contributed by atoms with Gasteiger partial charge >= 0.3 is 0 Å². The van der Waals surface area contributed by atoms with Crippen LogP contribution in [0.15, 0.2) is 0 Å². The van der Waals surface area contributed by atoms with Crippen molar-refractivity contribution >= 4 is 5.91 Å². The van der Waals surface area contributed by atoms with E-state index in [2.05, 4.69) is 33.0 Å². The third-order valence-corrected chi connectivity index (χ3v) is 4.48. The summed E-state index contributed by atoms with van der Waals surface area (Å²) in [7, 11) is 0. The maximum atomic E-state index is 11.7. The molecule has 1 rings (SSSR count). The highest BCUT2D eigenvalue weighted by Gasteiger charge is 2.30. The number of carbonyl (C=O) groups is 1. The molecule has 4 heteroatoms. The largest absolute Gasteiger partial charge is 0.393 e. The van der Waals surface area contributed by atoms with Crippen LogP contribution < -0.4 is 5.32 Å². The first-order valence-electron chi connectivity index (χ1n) is 8.46. The van der Waals surface area contributed by atoms with Crippen LogP contribution in [0, 0.1) is 17.8 Å². The lowest BCUT2D eigenvalue weighted by Crippen LogP contribution is -2.51. The SMILES string of the molecule is CC(=O)N1CC(CC(O)C(C)C)CC(NCCC(C)C)C1. The first-order chi connectivity index (χ1) is 9.79. The van der Waals surface area contributed by atoms with E-state index in [1.165, 1.54) is 0 Å². The third-order valence-electron chi connectivity index (χ3n) is 4.48. The average Bonchev–Trinajstić information content (AvgIpc) is 2.37. The number of nitrogens with zero attached hydrogens (tertiary/aromatic N) is 1. The number of piperidine rings is 1. The van der Waals surface area contributed by atoms with E-state index < -0.39 is 0 Å². The number of hydrogen-bond acceptors (Lipinski definition) is 3. The second-order valence-corrected chi connectivity index (χ2v) is 7.41. The molecule has 0 bridgehead atoms. The Morgan fingerprint density at radius 3 is 2.48 bits per heavy atom. The molecule has 1 aliphatic rings. The van der Waals surface area contributed by atoms with Crippen LogP contribution in [0.3, 0.4) is 0 Å². The molecule has 0 radical (unpaired) electrons. The van der Waals surface area contributed by atoms with Crippen molar-refractivity contribution in [2.45, 2.75) is 66.0 Å². The first kappa shape index (κ1) is 18.4.